The first-order valence-electron chi connectivity index (χ1n) is 7.74. The summed E-state index contributed by atoms with van der Waals surface area (Å²) in [4.78, 5) is 22.5. The van der Waals surface area contributed by atoms with E-state index in [1.807, 2.05) is 6.92 Å². The highest BCUT2D eigenvalue weighted by atomic mass is 16.5. The maximum atomic E-state index is 11.7. The van der Waals surface area contributed by atoms with Crippen molar-refractivity contribution in [2.45, 2.75) is 45.1 Å². The van der Waals surface area contributed by atoms with Crippen LogP contribution < -0.4 is 0 Å². The Bertz CT molecular complexity index is 356. The minimum absolute atomic E-state index is 0.0671. The van der Waals surface area contributed by atoms with Crippen LogP contribution in [-0.4, -0.2) is 55.2 Å². The molecule has 0 aromatic carbocycles. The van der Waals surface area contributed by atoms with Gasteiger partial charge >= 0.3 is 11.9 Å². The molecule has 0 unspecified atom stereocenters. The smallest absolute Gasteiger partial charge is 0.307 e. The third-order valence-electron chi connectivity index (χ3n) is 2.34. The van der Waals surface area contributed by atoms with Gasteiger partial charge in [0.05, 0.1) is 31.6 Å². The summed E-state index contributed by atoms with van der Waals surface area (Å²) in [6, 6.07) is 0. The lowest BCUT2D eigenvalue weighted by atomic mass is 10.2. The summed E-state index contributed by atoms with van der Waals surface area (Å²) in [5.41, 5.74) is 0. The first-order valence-corrected chi connectivity index (χ1v) is 6.24. The standard InChI is InChI=1S/C13H25NO4/c1-5-6-7-8-13(17)18-11(9-12(15)16)10-14(2,3)4/h11H,5-10H2,1-4H3/p+1/t11-/m0/s1/i2D3. The maximum Gasteiger partial charge on any atom is 0.307 e. The quantitative estimate of drug-likeness (QED) is 0.390. The molecule has 0 spiro atoms. The normalized spacial score (nSPS) is 16.3. The number of carbonyl (C=O) groups is 2. The summed E-state index contributed by atoms with van der Waals surface area (Å²) in [6.07, 6.45) is 1.45. The largest absolute Gasteiger partial charge is 0.481 e. The molecule has 0 aliphatic rings. The number of carbonyl (C=O) groups excluding carboxylic acids is 1. The van der Waals surface area contributed by atoms with Crippen molar-refractivity contribution in [3.63, 3.8) is 0 Å². The summed E-state index contributed by atoms with van der Waals surface area (Å²) in [7, 11) is 2.93. The third-order valence-corrected chi connectivity index (χ3v) is 2.34. The number of hydrogen-bond donors (Lipinski definition) is 1. The van der Waals surface area contributed by atoms with Gasteiger partial charge in [0.15, 0.2) is 6.10 Å². The molecule has 5 nitrogen and oxygen atoms in total. The average Bonchev–Trinajstić information content (AvgIpc) is 2.25. The molecule has 0 radical (unpaired) electrons. The van der Waals surface area contributed by atoms with E-state index >= 15 is 0 Å². The summed E-state index contributed by atoms with van der Waals surface area (Å²) >= 11 is 0. The Morgan fingerprint density at radius 3 is 2.56 bits per heavy atom. The number of unbranched alkanes of at least 4 members (excludes halogenated alkanes) is 2. The minimum atomic E-state index is -2.30. The maximum absolute atomic E-state index is 11.7. The Morgan fingerprint density at radius 1 is 1.39 bits per heavy atom. The van der Waals surface area contributed by atoms with Crippen LogP contribution >= 0.6 is 0 Å². The van der Waals surface area contributed by atoms with Gasteiger partial charge in [-0.25, -0.2) is 0 Å². The van der Waals surface area contributed by atoms with Crippen LogP contribution in [0.15, 0.2) is 0 Å². The van der Waals surface area contributed by atoms with E-state index in [1.165, 1.54) is 14.1 Å². The van der Waals surface area contributed by atoms with E-state index in [9.17, 15) is 9.59 Å². The fraction of sp³-hybridized carbons (Fsp3) is 0.846. The van der Waals surface area contributed by atoms with Crippen molar-refractivity contribution in [2.24, 2.45) is 0 Å². The summed E-state index contributed by atoms with van der Waals surface area (Å²) in [6.45, 7) is -0.359. The van der Waals surface area contributed by atoms with Gasteiger partial charge in [0, 0.05) is 6.42 Å². The molecule has 0 heterocycles. The molecule has 0 aliphatic carbocycles. The average molecular weight is 263 g/mol. The van der Waals surface area contributed by atoms with Crippen LogP contribution in [0.25, 0.3) is 0 Å². The molecule has 5 heteroatoms. The highest BCUT2D eigenvalue weighted by Gasteiger charge is 2.24. The highest BCUT2D eigenvalue weighted by Crippen LogP contribution is 2.08. The Kier molecular flexibility index (Phi) is 5.37. The Morgan fingerprint density at radius 2 is 2.06 bits per heavy atom. The second-order valence-electron chi connectivity index (χ2n) is 5.03. The zero-order valence-corrected chi connectivity index (χ0v) is 11.4. The lowest BCUT2D eigenvalue weighted by molar-refractivity contribution is -0.873. The number of esters is 1. The van der Waals surface area contributed by atoms with Crippen LogP contribution in [-0.2, 0) is 14.3 Å². The van der Waals surface area contributed by atoms with Crippen molar-refractivity contribution in [3.05, 3.63) is 0 Å². The number of hydrogen-bond acceptors (Lipinski definition) is 3. The molecule has 0 saturated heterocycles. The molecule has 1 N–H and O–H groups in total. The van der Waals surface area contributed by atoms with Gasteiger partial charge in [-0.05, 0) is 6.42 Å². The van der Waals surface area contributed by atoms with Crippen molar-refractivity contribution < 1.29 is 28.0 Å². The van der Waals surface area contributed by atoms with E-state index in [0.717, 1.165) is 12.8 Å². The fourth-order valence-electron chi connectivity index (χ4n) is 1.61. The van der Waals surface area contributed by atoms with Gasteiger partial charge in [-0.3, -0.25) is 9.59 Å². The molecule has 18 heavy (non-hydrogen) atoms. The number of aliphatic carboxylic acids is 1. The van der Waals surface area contributed by atoms with Gasteiger partial charge in [0.1, 0.15) is 6.54 Å². The van der Waals surface area contributed by atoms with Crippen molar-refractivity contribution in [1.29, 1.82) is 0 Å². The number of rotatable bonds is 9. The van der Waals surface area contributed by atoms with Gasteiger partial charge in [0.25, 0.3) is 0 Å². The van der Waals surface area contributed by atoms with E-state index < -0.39 is 35.9 Å². The van der Waals surface area contributed by atoms with Gasteiger partial charge < -0.3 is 14.3 Å². The molecule has 0 aromatic heterocycles. The van der Waals surface area contributed by atoms with E-state index in [2.05, 4.69) is 0 Å². The van der Waals surface area contributed by atoms with Gasteiger partial charge in [-0.15, -0.1) is 0 Å². The summed E-state index contributed by atoms with van der Waals surface area (Å²) in [5.74, 6) is -1.59. The third kappa shape index (κ3) is 10.1. The molecule has 0 rings (SSSR count). The number of quaternary nitrogens is 1. The van der Waals surface area contributed by atoms with Gasteiger partial charge in [-0.1, -0.05) is 19.8 Å². The molecule has 0 amide bonds. The molecule has 0 aromatic rings. The number of carboxylic acids is 1. The number of likely N-dealkylation sites (N-methyl/N-ethyl adjacent to an activating group) is 1. The first-order chi connectivity index (χ1) is 9.49. The van der Waals surface area contributed by atoms with Crippen LogP contribution in [0, 0.1) is 0 Å². The molecule has 0 fully saturated rings. The lowest BCUT2D eigenvalue weighted by Gasteiger charge is -2.28. The van der Waals surface area contributed by atoms with Gasteiger partial charge in [0.2, 0.25) is 0 Å². The fourth-order valence-corrected chi connectivity index (χ4v) is 1.61. The van der Waals surface area contributed by atoms with E-state index in [0.29, 0.717) is 6.42 Å². The SMILES string of the molecule is [2H]C([2H])([2H])[N+](C)(C)C[C@H](CC(=O)O)OC(=O)CCCCC. The topological polar surface area (TPSA) is 63.6 Å². The van der Waals surface area contributed by atoms with Crippen LogP contribution in [0.1, 0.15) is 43.1 Å². The Hall–Kier alpha value is -1.10. The highest BCUT2D eigenvalue weighted by molar-refractivity contribution is 5.71. The van der Waals surface area contributed by atoms with Crippen molar-refractivity contribution in [1.82, 2.24) is 0 Å². The molecular formula is C13H26NO4+. The zero-order chi connectivity index (χ0) is 16.7. The monoisotopic (exact) mass is 263 g/mol. The second kappa shape index (κ2) is 8.08. The first kappa shape index (κ1) is 12.0. The van der Waals surface area contributed by atoms with E-state index in [4.69, 9.17) is 14.0 Å². The van der Waals surface area contributed by atoms with Crippen molar-refractivity contribution in [2.75, 3.05) is 27.6 Å². The Labute approximate surface area is 114 Å². The summed E-state index contributed by atoms with van der Waals surface area (Å²) in [5, 5.41) is 8.87. The number of ether oxygens (including phenoxy) is 1. The van der Waals surface area contributed by atoms with E-state index in [1.54, 1.807) is 0 Å². The predicted octanol–water partition coefficient (Wildman–Crippen LogP) is 1.66. The van der Waals surface area contributed by atoms with Crippen molar-refractivity contribution >= 4 is 11.9 Å². The molecule has 1 atom stereocenters. The molecule has 0 saturated carbocycles. The Balaban J connectivity index is 4.66. The van der Waals surface area contributed by atoms with Gasteiger partial charge in [-0.2, -0.15) is 0 Å². The van der Waals surface area contributed by atoms with E-state index in [-0.39, 0.29) is 13.0 Å². The van der Waals surface area contributed by atoms with Crippen LogP contribution in [0.4, 0.5) is 0 Å². The second-order valence-corrected chi connectivity index (χ2v) is 5.03. The lowest BCUT2D eigenvalue weighted by Crippen LogP contribution is -2.43. The molecule has 106 valence electrons. The minimum Gasteiger partial charge on any atom is -0.481 e. The number of carboxylic acid groups (broad SMARTS) is 1. The summed E-state index contributed by atoms with van der Waals surface area (Å²) < 4.78 is 27.1. The van der Waals surface area contributed by atoms with Crippen molar-refractivity contribution in [3.8, 4) is 0 Å². The molecule has 0 aliphatic heterocycles. The predicted molar refractivity (Wildman–Crippen MR) is 69.2 cm³/mol. The number of nitrogens with zero attached hydrogens (tertiary/aromatic N) is 1. The molecular weight excluding hydrogens is 234 g/mol. The zero-order valence-electron chi connectivity index (χ0n) is 14.4. The van der Waals surface area contributed by atoms with Crippen LogP contribution in [0.2, 0.25) is 0 Å². The molecule has 0 bridgehead atoms. The van der Waals surface area contributed by atoms with Crippen LogP contribution in [0.3, 0.4) is 0 Å². The van der Waals surface area contributed by atoms with Crippen LogP contribution in [0.5, 0.6) is 0 Å².